The number of carbonyl (C=O) groups is 2. The first-order valence-corrected chi connectivity index (χ1v) is 6.40. The summed E-state index contributed by atoms with van der Waals surface area (Å²) in [6, 6.07) is 3.83. The molecular weight excluding hydrogens is 298 g/mol. The first kappa shape index (κ1) is 11.4. The zero-order valence-corrected chi connectivity index (χ0v) is 11.0. The summed E-state index contributed by atoms with van der Waals surface area (Å²) in [6.07, 6.45) is 4.47. The van der Waals surface area contributed by atoms with E-state index in [2.05, 4.69) is 26.2 Å². The Balaban J connectivity index is 2.04. The van der Waals surface area contributed by atoms with Gasteiger partial charge < -0.3 is 4.40 Å². The number of amides is 2. The molecule has 0 spiro atoms. The Hall–Kier alpha value is -1.69. The molecule has 1 aliphatic rings. The number of imide groups is 1. The highest BCUT2D eigenvalue weighted by atomic mass is 79.9. The fourth-order valence-electron chi connectivity index (χ4n) is 2.19. The van der Waals surface area contributed by atoms with Crippen molar-refractivity contribution in [2.24, 2.45) is 0 Å². The van der Waals surface area contributed by atoms with Crippen molar-refractivity contribution >= 4 is 33.3 Å². The van der Waals surface area contributed by atoms with Gasteiger partial charge >= 0.3 is 0 Å². The largest absolute Gasteiger partial charge is 0.303 e. The lowest BCUT2D eigenvalue weighted by molar-refractivity contribution is -0.134. The van der Waals surface area contributed by atoms with E-state index in [0.717, 1.165) is 9.99 Å². The normalized spacial score (nSPS) is 20.2. The average molecular weight is 308 g/mol. The van der Waals surface area contributed by atoms with E-state index in [4.69, 9.17) is 0 Å². The standard InChI is InChI=1S/C12H10BrN3O2/c13-7-3-4-16-8(5-7)6-14-11(16)9-1-2-10(17)15-12(9)18/h3-6,9H,1-2H2,(H,15,17,18). The van der Waals surface area contributed by atoms with Crippen LogP contribution in [0.4, 0.5) is 0 Å². The number of nitrogens with zero attached hydrogens (tertiary/aromatic N) is 2. The molecule has 3 heterocycles. The number of aromatic nitrogens is 2. The smallest absolute Gasteiger partial charge is 0.237 e. The maximum Gasteiger partial charge on any atom is 0.237 e. The predicted octanol–water partition coefficient (Wildman–Crippen LogP) is 1.62. The van der Waals surface area contributed by atoms with Crippen LogP contribution in [0, 0.1) is 0 Å². The van der Waals surface area contributed by atoms with E-state index < -0.39 is 0 Å². The molecule has 1 saturated heterocycles. The lowest BCUT2D eigenvalue weighted by atomic mass is 9.97. The van der Waals surface area contributed by atoms with Crippen LogP contribution in [-0.2, 0) is 9.59 Å². The summed E-state index contributed by atoms with van der Waals surface area (Å²) in [7, 11) is 0. The molecule has 2 amide bonds. The molecule has 0 aromatic carbocycles. The molecule has 2 aromatic heterocycles. The fourth-order valence-corrected chi connectivity index (χ4v) is 2.54. The number of imidazole rings is 1. The molecular formula is C12H10BrN3O2. The summed E-state index contributed by atoms with van der Waals surface area (Å²) in [4.78, 5) is 27.3. The molecule has 1 aliphatic heterocycles. The molecule has 18 heavy (non-hydrogen) atoms. The third-order valence-electron chi connectivity index (χ3n) is 3.07. The van der Waals surface area contributed by atoms with Crippen LogP contribution in [0.15, 0.2) is 29.0 Å². The lowest BCUT2D eigenvalue weighted by Crippen LogP contribution is -2.40. The number of pyridine rings is 1. The summed E-state index contributed by atoms with van der Waals surface area (Å²) in [5.74, 6) is -0.143. The fraction of sp³-hybridized carbons (Fsp3) is 0.250. The number of hydrogen-bond donors (Lipinski definition) is 1. The summed E-state index contributed by atoms with van der Waals surface area (Å²) in [5, 5.41) is 2.35. The number of rotatable bonds is 1. The van der Waals surface area contributed by atoms with Crippen LogP contribution in [0.25, 0.3) is 5.52 Å². The summed E-state index contributed by atoms with van der Waals surface area (Å²) >= 11 is 3.39. The Labute approximate surface area is 111 Å². The van der Waals surface area contributed by atoms with Crippen molar-refractivity contribution in [3.8, 4) is 0 Å². The second kappa shape index (κ2) is 4.20. The topological polar surface area (TPSA) is 63.5 Å². The SMILES string of the molecule is O=C1CCC(c2ncc3cc(Br)ccn23)C(=O)N1. The molecule has 0 aliphatic carbocycles. The van der Waals surface area contributed by atoms with Crippen molar-refractivity contribution in [2.45, 2.75) is 18.8 Å². The third kappa shape index (κ3) is 1.82. The highest BCUT2D eigenvalue weighted by molar-refractivity contribution is 9.10. The van der Waals surface area contributed by atoms with Crippen molar-refractivity contribution in [2.75, 3.05) is 0 Å². The van der Waals surface area contributed by atoms with Crippen LogP contribution in [0.3, 0.4) is 0 Å². The van der Waals surface area contributed by atoms with Crippen LogP contribution in [0.5, 0.6) is 0 Å². The van der Waals surface area contributed by atoms with E-state index >= 15 is 0 Å². The van der Waals surface area contributed by atoms with E-state index in [-0.39, 0.29) is 17.7 Å². The molecule has 1 atom stereocenters. The molecule has 92 valence electrons. The predicted molar refractivity (Wildman–Crippen MR) is 68.0 cm³/mol. The first-order chi connectivity index (χ1) is 8.65. The van der Waals surface area contributed by atoms with Gasteiger partial charge in [0.2, 0.25) is 11.8 Å². The van der Waals surface area contributed by atoms with E-state index in [0.29, 0.717) is 18.7 Å². The molecule has 2 aromatic rings. The number of carbonyl (C=O) groups excluding carboxylic acids is 2. The average Bonchev–Trinajstić information content (AvgIpc) is 2.72. The maximum absolute atomic E-state index is 11.8. The Morgan fingerprint density at radius 3 is 3.06 bits per heavy atom. The highest BCUT2D eigenvalue weighted by Gasteiger charge is 2.30. The zero-order chi connectivity index (χ0) is 12.7. The number of halogens is 1. The molecule has 3 rings (SSSR count). The van der Waals surface area contributed by atoms with E-state index in [9.17, 15) is 9.59 Å². The molecule has 1 N–H and O–H groups in total. The van der Waals surface area contributed by atoms with Crippen LogP contribution < -0.4 is 5.32 Å². The second-order valence-corrected chi connectivity index (χ2v) is 5.18. The summed E-state index contributed by atoms with van der Waals surface area (Å²) in [5.41, 5.74) is 0.920. The van der Waals surface area contributed by atoms with Crippen LogP contribution in [0.1, 0.15) is 24.6 Å². The Morgan fingerprint density at radius 2 is 2.28 bits per heavy atom. The Morgan fingerprint density at radius 1 is 1.44 bits per heavy atom. The minimum absolute atomic E-state index is 0.208. The quantitative estimate of drug-likeness (QED) is 0.814. The highest BCUT2D eigenvalue weighted by Crippen LogP contribution is 2.25. The Kier molecular flexibility index (Phi) is 2.66. The van der Waals surface area contributed by atoms with Gasteiger partial charge in [-0.1, -0.05) is 15.9 Å². The van der Waals surface area contributed by atoms with Gasteiger partial charge in [-0.3, -0.25) is 14.9 Å². The Bertz CT molecular complexity index is 650. The van der Waals surface area contributed by atoms with Crippen LogP contribution >= 0.6 is 15.9 Å². The van der Waals surface area contributed by atoms with Gasteiger partial charge in [0, 0.05) is 17.1 Å². The van der Waals surface area contributed by atoms with Crippen molar-refractivity contribution < 1.29 is 9.59 Å². The molecule has 1 fully saturated rings. The van der Waals surface area contributed by atoms with E-state index in [1.54, 1.807) is 6.20 Å². The van der Waals surface area contributed by atoms with Gasteiger partial charge in [0.05, 0.1) is 17.6 Å². The number of fused-ring (bicyclic) bond motifs is 1. The maximum atomic E-state index is 11.8. The van der Waals surface area contributed by atoms with Gasteiger partial charge in [-0.05, 0) is 18.6 Å². The molecule has 6 heteroatoms. The molecule has 0 radical (unpaired) electrons. The van der Waals surface area contributed by atoms with Crippen LogP contribution in [0.2, 0.25) is 0 Å². The summed E-state index contributed by atoms with van der Waals surface area (Å²) in [6.45, 7) is 0. The number of hydrogen-bond acceptors (Lipinski definition) is 3. The molecule has 1 unspecified atom stereocenters. The van der Waals surface area contributed by atoms with Crippen molar-refractivity contribution in [1.82, 2.24) is 14.7 Å². The van der Waals surface area contributed by atoms with E-state index in [1.165, 1.54) is 0 Å². The number of nitrogens with one attached hydrogen (secondary N) is 1. The van der Waals surface area contributed by atoms with Crippen molar-refractivity contribution in [3.05, 3.63) is 34.8 Å². The minimum atomic E-state index is -0.355. The van der Waals surface area contributed by atoms with Gasteiger partial charge in [0.1, 0.15) is 5.82 Å². The van der Waals surface area contributed by atoms with Crippen LogP contribution in [-0.4, -0.2) is 21.2 Å². The van der Waals surface area contributed by atoms with Gasteiger partial charge in [-0.2, -0.15) is 0 Å². The van der Waals surface area contributed by atoms with Gasteiger partial charge in [-0.25, -0.2) is 4.98 Å². The molecule has 0 saturated carbocycles. The lowest BCUT2D eigenvalue weighted by Gasteiger charge is -2.19. The molecule has 0 bridgehead atoms. The van der Waals surface area contributed by atoms with Crippen molar-refractivity contribution in [1.29, 1.82) is 0 Å². The van der Waals surface area contributed by atoms with Crippen molar-refractivity contribution in [3.63, 3.8) is 0 Å². The zero-order valence-electron chi connectivity index (χ0n) is 9.39. The van der Waals surface area contributed by atoms with Gasteiger partial charge in [0.25, 0.3) is 0 Å². The second-order valence-electron chi connectivity index (χ2n) is 4.26. The monoisotopic (exact) mass is 307 g/mol. The number of piperidine rings is 1. The molecule has 5 nitrogen and oxygen atoms in total. The van der Waals surface area contributed by atoms with E-state index in [1.807, 2.05) is 22.7 Å². The first-order valence-electron chi connectivity index (χ1n) is 5.61. The minimum Gasteiger partial charge on any atom is -0.303 e. The third-order valence-corrected chi connectivity index (χ3v) is 3.57. The van der Waals surface area contributed by atoms with Gasteiger partial charge in [0.15, 0.2) is 0 Å². The summed E-state index contributed by atoms with van der Waals surface area (Å²) < 4.78 is 2.84. The van der Waals surface area contributed by atoms with Gasteiger partial charge in [-0.15, -0.1) is 0 Å².